The maximum atomic E-state index is 2.67. The van der Waals surface area contributed by atoms with Gasteiger partial charge >= 0.3 is 0 Å². The molecule has 2 fully saturated rings. The van der Waals surface area contributed by atoms with Crippen LogP contribution in [0.25, 0.3) is 66.8 Å². The summed E-state index contributed by atoms with van der Waals surface area (Å²) in [5, 5.41) is 0. The second-order valence-electron chi connectivity index (χ2n) is 16.9. The van der Waals surface area contributed by atoms with E-state index in [2.05, 4.69) is 193 Å². The van der Waals surface area contributed by atoms with Crippen LogP contribution in [-0.4, -0.2) is 0 Å². The van der Waals surface area contributed by atoms with Crippen LogP contribution >= 0.6 is 0 Å². The highest BCUT2D eigenvalue weighted by Gasteiger charge is 2.47. The van der Waals surface area contributed by atoms with Crippen molar-refractivity contribution in [3.8, 4) is 66.8 Å². The molecule has 4 unspecified atom stereocenters. The molecule has 0 saturated heterocycles. The molecule has 1 heteroatoms. The van der Waals surface area contributed by atoms with E-state index in [-0.39, 0.29) is 0 Å². The van der Waals surface area contributed by atoms with Crippen molar-refractivity contribution >= 4 is 17.1 Å². The van der Waals surface area contributed by atoms with Gasteiger partial charge in [-0.05, 0) is 164 Å². The zero-order valence-corrected chi connectivity index (χ0v) is 32.0. The predicted molar refractivity (Wildman–Crippen MR) is 238 cm³/mol. The molecular formula is C56H43N. The third-order valence-corrected chi connectivity index (χ3v) is 13.8. The molecule has 8 aromatic rings. The number of anilines is 3. The minimum absolute atomic E-state index is 0.686. The Hall–Kier alpha value is -6.44. The summed E-state index contributed by atoms with van der Waals surface area (Å²) in [5.41, 5.74) is 22.2. The minimum atomic E-state index is 0.686. The van der Waals surface area contributed by atoms with Crippen molar-refractivity contribution < 1.29 is 0 Å². The van der Waals surface area contributed by atoms with E-state index in [1.165, 1.54) is 92.4 Å². The molecule has 3 bridgehead atoms. The smallest absolute Gasteiger partial charge is 0.0540 e. The molecule has 57 heavy (non-hydrogen) atoms. The predicted octanol–water partition coefficient (Wildman–Crippen LogP) is 15.5. The number of hydrogen-bond donors (Lipinski definition) is 0. The lowest BCUT2D eigenvalue weighted by molar-refractivity contribution is 0.296. The van der Waals surface area contributed by atoms with Crippen LogP contribution in [0, 0.1) is 11.8 Å². The highest BCUT2D eigenvalue weighted by atomic mass is 15.1. The van der Waals surface area contributed by atoms with Crippen LogP contribution in [0.1, 0.15) is 48.6 Å². The number of hydrogen-bond acceptors (Lipinski definition) is 1. The number of rotatable bonds is 5. The molecule has 4 aliphatic rings. The van der Waals surface area contributed by atoms with Gasteiger partial charge in [-0.3, -0.25) is 0 Å². The standard InChI is InChI=1S/C56H43N/c1-3-13-37(14-4-1)38-23-25-42(26-24-38)57(56-22-12-11-17-44(56)39-15-5-2-6-16-39)43-27-28-49-47-20-8-7-18-45(47)46-19-9-10-21-48(46)53-34-51-41-30-36-29-40(32-41)50(31-36)54(51)35-55(53)52(49)33-43/h1-28,33-36,40-41,50H,29-32H2. The van der Waals surface area contributed by atoms with Crippen LogP contribution < -0.4 is 4.90 Å². The molecule has 0 amide bonds. The first kappa shape index (κ1) is 32.8. The fraction of sp³-hybridized carbons (Fsp3) is 0.143. The Labute approximate surface area is 335 Å². The van der Waals surface area contributed by atoms with Crippen molar-refractivity contribution in [2.75, 3.05) is 4.90 Å². The highest BCUT2D eigenvalue weighted by Crippen LogP contribution is 2.62. The van der Waals surface area contributed by atoms with Crippen molar-refractivity contribution in [3.63, 3.8) is 0 Å². The molecule has 4 atom stereocenters. The maximum absolute atomic E-state index is 2.67. The van der Waals surface area contributed by atoms with Crippen LogP contribution in [0.2, 0.25) is 0 Å². The van der Waals surface area contributed by atoms with Crippen molar-refractivity contribution in [1.29, 1.82) is 0 Å². The first-order valence-corrected chi connectivity index (χ1v) is 20.9. The summed E-state index contributed by atoms with van der Waals surface area (Å²) in [7, 11) is 0. The quantitative estimate of drug-likeness (QED) is 0.170. The van der Waals surface area contributed by atoms with Crippen LogP contribution in [0.4, 0.5) is 17.1 Å². The van der Waals surface area contributed by atoms with E-state index in [0.29, 0.717) is 11.8 Å². The van der Waals surface area contributed by atoms with Gasteiger partial charge in [0.2, 0.25) is 0 Å². The Kier molecular flexibility index (Phi) is 7.51. The first-order chi connectivity index (χ1) is 28.2. The van der Waals surface area contributed by atoms with Gasteiger partial charge in [0.15, 0.2) is 0 Å². The molecule has 2 saturated carbocycles. The third kappa shape index (κ3) is 5.29. The average Bonchev–Trinajstić information content (AvgIpc) is 3.52. The van der Waals surface area contributed by atoms with Gasteiger partial charge < -0.3 is 4.90 Å². The van der Waals surface area contributed by atoms with Crippen LogP contribution in [0.3, 0.4) is 0 Å². The molecule has 0 radical (unpaired) electrons. The molecular weight excluding hydrogens is 687 g/mol. The number of para-hydroxylation sites is 1. The van der Waals surface area contributed by atoms with Gasteiger partial charge in [0, 0.05) is 16.9 Å². The molecule has 0 heterocycles. The summed E-state index contributed by atoms with van der Waals surface area (Å²) < 4.78 is 0. The normalized spacial score (nSPS) is 19.3. The molecule has 0 aromatic heterocycles. The summed E-state index contributed by atoms with van der Waals surface area (Å²) in [6, 6.07) is 70.4. The lowest BCUT2D eigenvalue weighted by Crippen LogP contribution is -2.22. The summed E-state index contributed by atoms with van der Waals surface area (Å²) in [6.45, 7) is 0. The zero-order chi connectivity index (χ0) is 37.5. The molecule has 0 N–H and O–H groups in total. The molecule has 4 aliphatic carbocycles. The summed E-state index contributed by atoms with van der Waals surface area (Å²) in [6.07, 6.45) is 5.52. The minimum Gasteiger partial charge on any atom is -0.310 e. The Balaban J connectivity index is 1.12. The number of nitrogens with zero attached hydrogens (tertiary/aromatic N) is 1. The SMILES string of the molecule is c1ccc(-c2ccc(N(c3ccc4c(c3)-c3cc5c(cc3-c3ccccc3-c3ccccc3-4)C3CC4CC(C3)C5C4)c3ccccc3-c3ccccc3)cc2)cc1. The average molecular weight is 730 g/mol. The van der Waals surface area contributed by atoms with Gasteiger partial charge in [-0.15, -0.1) is 0 Å². The second kappa shape index (κ2) is 13.1. The van der Waals surface area contributed by atoms with Gasteiger partial charge in [0.1, 0.15) is 0 Å². The van der Waals surface area contributed by atoms with E-state index in [0.717, 1.165) is 28.9 Å². The van der Waals surface area contributed by atoms with Crippen LogP contribution in [0.15, 0.2) is 188 Å². The van der Waals surface area contributed by atoms with Crippen molar-refractivity contribution in [2.24, 2.45) is 11.8 Å². The molecule has 0 spiro atoms. The summed E-state index contributed by atoms with van der Waals surface area (Å²) >= 11 is 0. The third-order valence-electron chi connectivity index (χ3n) is 13.8. The van der Waals surface area contributed by atoms with E-state index in [1.807, 2.05) is 0 Å². The van der Waals surface area contributed by atoms with Gasteiger partial charge in [0.05, 0.1) is 5.69 Å². The molecule has 272 valence electrons. The van der Waals surface area contributed by atoms with E-state index < -0.39 is 0 Å². The first-order valence-electron chi connectivity index (χ1n) is 20.9. The topological polar surface area (TPSA) is 3.24 Å². The van der Waals surface area contributed by atoms with Crippen molar-refractivity contribution in [2.45, 2.75) is 37.5 Å². The summed E-state index contributed by atoms with van der Waals surface area (Å²) in [4.78, 5) is 2.48. The lowest BCUT2D eigenvalue weighted by atomic mass is 9.67. The zero-order valence-electron chi connectivity index (χ0n) is 32.0. The fourth-order valence-corrected chi connectivity index (χ4v) is 11.4. The van der Waals surface area contributed by atoms with Crippen molar-refractivity contribution in [3.05, 3.63) is 199 Å². The van der Waals surface area contributed by atoms with Gasteiger partial charge in [-0.25, -0.2) is 0 Å². The molecule has 12 rings (SSSR count). The van der Waals surface area contributed by atoms with Crippen LogP contribution in [-0.2, 0) is 0 Å². The van der Waals surface area contributed by atoms with Gasteiger partial charge in [0.25, 0.3) is 0 Å². The Morgan fingerprint density at radius 2 is 0.842 bits per heavy atom. The highest BCUT2D eigenvalue weighted by molar-refractivity contribution is 6.04. The van der Waals surface area contributed by atoms with Gasteiger partial charge in [-0.1, -0.05) is 146 Å². The Morgan fingerprint density at radius 1 is 0.333 bits per heavy atom. The van der Waals surface area contributed by atoms with E-state index >= 15 is 0 Å². The lowest BCUT2D eigenvalue weighted by Gasteiger charge is -2.37. The molecule has 0 aliphatic heterocycles. The Morgan fingerprint density at radius 3 is 1.54 bits per heavy atom. The molecule has 1 nitrogen and oxygen atoms in total. The Bertz CT molecular complexity index is 2810. The maximum Gasteiger partial charge on any atom is 0.0540 e. The number of fused-ring (bicyclic) bond motifs is 13. The fourth-order valence-electron chi connectivity index (χ4n) is 11.4. The van der Waals surface area contributed by atoms with Gasteiger partial charge in [-0.2, -0.15) is 0 Å². The van der Waals surface area contributed by atoms with Crippen molar-refractivity contribution in [1.82, 2.24) is 0 Å². The second-order valence-corrected chi connectivity index (χ2v) is 16.9. The van der Waals surface area contributed by atoms with E-state index in [4.69, 9.17) is 0 Å². The monoisotopic (exact) mass is 729 g/mol. The van der Waals surface area contributed by atoms with Crippen LogP contribution in [0.5, 0.6) is 0 Å². The summed E-state index contributed by atoms with van der Waals surface area (Å²) in [5.74, 6) is 3.10. The van der Waals surface area contributed by atoms with E-state index in [1.54, 1.807) is 11.1 Å². The van der Waals surface area contributed by atoms with E-state index in [9.17, 15) is 0 Å². The largest absolute Gasteiger partial charge is 0.310 e. The molecule has 8 aromatic carbocycles. The number of benzene rings is 8.